The largest absolute Gasteiger partial charge is 0.340 e. The van der Waals surface area contributed by atoms with E-state index in [-0.39, 0.29) is 18.2 Å². The lowest BCUT2D eigenvalue weighted by Gasteiger charge is -2.20. The first-order valence-electron chi connectivity index (χ1n) is 6.69. The van der Waals surface area contributed by atoms with Crippen LogP contribution in [0.5, 0.6) is 0 Å². The van der Waals surface area contributed by atoms with Crippen LogP contribution in [0.2, 0.25) is 0 Å². The topological polar surface area (TPSA) is 64.4 Å². The third kappa shape index (κ3) is 4.74. The van der Waals surface area contributed by atoms with Gasteiger partial charge >= 0.3 is 0 Å². The van der Waals surface area contributed by atoms with Crippen molar-refractivity contribution in [2.24, 2.45) is 0 Å². The Balaban J connectivity index is 2.57. The van der Waals surface area contributed by atoms with Crippen molar-refractivity contribution in [2.75, 3.05) is 26.2 Å². The van der Waals surface area contributed by atoms with Gasteiger partial charge in [-0.2, -0.15) is 5.26 Å². The Hall–Kier alpha value is -1.83. The predicted octanol–water partition coefficient (Wildman–Crippen LogP) is 1.32. The molecule has 0 spiro atoms. The summed E-state index contributed by atoms with van der Waals surface area (Å²) < 4.78 is 0. The van der Waals surface area contributed by atoms with Crippen molar-refractivity contribution in [3.8, 4) is 6.07 Å². The number of rotatable bonds is 3. The van der Waals surface area contributed by atoms with E-state index >= 15 is 0 Å². The van der Waals surface area contributed by atoms with E-state index in [1.807, 2.05) is 19.9 Å². The van der Waals surface area contributed by atoms with Gasteiger partial charge in [-0.15, -0.1) is 0 Å². The maximum absolute atomic E-state index is 12.0. The van der Waals surface area contributed by atoms with E-state index in [0.717, 1.165) is 18.4 Å². The minimum atomic E-state index is -0.142. The second kappa shape index (κ2) is 7.57. The maximum Gasteiger partial charge on any atom is 0.246 e. The zero-order chi connectivity index (χ0) is 14.3. The lowest BCUT2D eigenvalue weighted by molar-refractivity contribution is -0.131. The van der Waals surface area contributed by atoms with Crippen LogP contribution in [0, 0.1) is 11.3 Å². The average Bonchev–Trinajstić information content (AvgIpc) is 2.64. The molecule has 1 aliphatic rings. The minimum Gasteiger partial charge on any atom is -0.340 e. The highest BCUT2D eigenvalue weighted by Gasteiger charge is 2.20. The normalized spacial score (nSPS) is 16.8. The van der Waals surface area contributed by atoms with E-state index in [2.05, 4.69) is 0 Å². The zero-order valence-corrected chi connectivity index (χ0v) is 11.7. The first-order chi connectivity index (χ1) is 9.08. The molecule has 0 aromatic rings. The van der Waals surface area contributed by atoms with E-state index in [0.29, 0.717) is 26.2 Å². The van der Waals surface area contributed by atoms with Gasteiger partial charge in [0, 0.05) is 32.3 Å². The number of hydrogen-bond donors (Lipinski definition) is 0. The summed E-state index contributed by atoms with van der Waals surface area (Å²) in [4.78, 5) is 27.1. The SMILES string of the molecule is CC/C(C)=C/C(=O)N1CCCN(C(=O)CC#N)CC1. The summed E-state index contributed by atoms with van der Waals surface area (Å²) in [6.07, 6.45) is 3.23. The second-order valence-corrected chi connectivity index (χ2v) is 4.74. The summed E-state index contributed by atoms with van der Waals surface area (Å²) in [6.45, 7) is 6.32. The maximum atomic E-state index is 12.0. The molecule has 0 bridgehead atoms. The smallest absolute Gasteiger partial charge is 0.246 e. The molecule has 2 amide bonds. The fourth-order valence-electron chi connectivity index (χ4n) is 1.97. The van der Waals surface area contributed by atoms with Crippen LogP contribution >= 0.6 is 0 Å². The van der Waals surface area contributed by atoms with Gasteiger partial charge in [-0.1, -0.05) is 12.5 Å². The molecule has 1 saturated heterocycles. The van der Waals surface area contributed by atoms with E-state index < -0.39 is 0 Å². The first-order valence-corrected chi connectivity index (χ1v) is 6.69. The molecule has 1 fully saturated rings. The minimum absolute atomic E-state index is 0.0222. The van der Waals surface area contributed by atoms with Crippen molar-refractivity contribution in [3.05, 3.63) is 11.6 Å². The molecule has 0 atom stereocenters. The lowest BCUT2D eigenvalue weighted by atomic mass is 10.2. The molecule has 1 aliphatic heterocycles. The number of carbonyl (C=O) groups is 2. The Bertz CT molecular complexity index is 409. The molecule has 19 heavy (non-hydrogen) atoms. The number of hydrogen-bond acceptors (Lipinski definition) is 3. The fourth-order valence-corrected chi connectivity index (χ4v) is 1.97. The van der Waals surface area contributed by atoms with Crippen LogP contribution in [0.15, 0.2) is 11.6 Å². The fraction of sp³-hybridized carbons (Fsp3) is 0.643. The molecule has 0 radical (unpaired) electrons. The van der Waals surface area contributed by atoms with Gasteiger partial charge in [-0.3, -0.25) is 9.59 Å². The van der Waals surface area contributed by atoms with Gasteiger partial charge in [0.2, 0.25) is 11.8 Å². The van der Waals surface area contributed by atoms with E-state index in [9.17, 15) is 9.59 Å². The van der Waals surface area contributed by atoms with Crippen LogP contribution in [0.3, 0.4) is 0 Å². The first kappa shape index (κ1) is 15.2. The highest BCUT2D eigenvalue weighted by atomic mass is 16.2. The van der Waals surface area contributed by atoms with Gasteiger partial charge in [0.1, 0.15) is 6.42 Å². The molecule has 0 aromatic carbocycles. The van der Waals surface area contributed by atoms with Gasteiger partial charge in [-0.25, -0.2) is 0 Å². The molecule has 5 nitrogen and oxygen atoms in total. The number of carbonyl (C=O) groups excluding carboxylic acids is 2. The number of nitriles is 1. The molecule has 1 heterocycles. The monoisotopic (exact) mass is 263 g/mol. The molecule has 104 valence electrons. The molecular formula is C14H21N3O2. The Kier molecular flexibility index (Phi) is 6.07. The molecule has 0 aliphatic carbocycles. The van der Waals surface area contributed by atoms with E-state index in [4.69, 9.17) is 5.26 Å². The van der Waals surface area contributed by atoms with Crippen molar-refractivity contribution >= 4 is 11.8 Å². The number of amides is 2. The Morgan fingerprint density at radius 2 is 1.84 bits per heavy atom. The Morgan fingerprint density at radius 1 is 1.21 bits per heavy atom. The molecule has 5 heteroatoms. The van der Waals surface area contributed by atoms with Crippen LogP contribution < -0.4 is 0 Å². The lowest BCUT2D eigenvalue weighted by Crippen LogP contribution is -2.36. The quantitative estimate of drug-likeness (QED) is 0.721. The van der Waals surface area contributed by atoms with Gasteiger partial charge < -0.3 is 9.80 Å². The summed E-state index contributed by atoms with van der Waals surface area (Å²) in [6, 6.07) is 1.87. The Labute approximate surface area is 114 Å². The molecule has 0 unspecified atom stereocenters. The van der Waals surface area contributed by atoms with Crippen LogP contribution in [-0.2, 0) is 9.59 Å². The van der Waals surface area contributed by atoms with Crippen molar-refractivity contribution in [1.29, 1.82) is 5.26 Å². The molecule has 0 aromatic heterocycles. The summed E-state index contributed by atoms with van der Waals surface area (Å²) in [7, 11) is 0. The number of nitrogens with zero attached hydrogens (tertiary/aromatic N) is 3. The average molecular weight is 263 g/mol. The second-order valence-electron chi connectivity index (χ2n) is 4.74. The highest BCUT2D eigenvalue weighted by Crippen LogP contribution is 2.07. The zero-order valence-electron chi connectivity index (χ0n) is 11.7. The van der Waals surface area contributed by atoms with Crippen molar-refractivity contribution < 1.29 is 9.59 Å². The molecular weight excluding hydrogens is 242 g/mol. The Morgan fingerprint density at radius 3 is 2.47 bits per heavy atom. The van der Waals surface area contributed by atoms with E-state index in [1.165, 1.54) is 0 Å². The van der Waals surface area contributed by atoms with E-state index in [1.54, 1.807) is 15.9 Å². The molecule has 1 rings (SSSR count). The van der Waals surface area contributed by atoms with Gasteiger partial charge in [-0.05, 0) is 19.8 Å². The highest BCUT2D eigenvalue weighted by molar-refractivity contribution is 5.88. The molecule has 0 saturated carbocycles. The van der Waals surface area contributed by atoms with Crippen LogP contribution in [0.1, 0.15) is 33.1 Å². The standard InChI is InChI=1S/C14H21N3O2/c1-3-12(2)11-14(19)17-8-4-7-16(9-10-17)13(18)5-6-15/h11H,3-5,7-10H2,1-2H3/b12-11+. The summed E-state index contributed by atoms with van der Waals surface area (Å²) in [5.74, 6) is -0.119. The van der Waals surface area contributed by atoms with Crippen LogP contribution in [0.4, 0.5) is 0 Å². The van der Waals surface area contributed by atoms with Gasteiger partial charge in [0.15, 0.2) is 0 Å². The van der Waals surface area contributed by atoms with Gasteiger partial charge in [0.25, 0.3) is 0 Å². The van der Waals surface area contributed by atoms with Crippen LogP contribution in [-0.4, -0.2) is 47.8 Å². The third-order valence-corrected chi connectivity index (χ3v) is 3.32. The summed E-state index contributed by atoms with van der Waals surface area (Å²) in [5, 5.41) is 8.53. The van der Waals surface area contributed by atoms with Gasteiger partial charge in [0.05, 0.1) is 6.07 Å². The predicted molar refractivity (Wildman–Crippen MR) is 72.1 cm³/mol. The summed E-state index contributed by atoms with van der Waals surface area (Å²) in [5.41, 5.74) is 1.06. The summed E-state index contributed by atoms with van der Waals surface area (Å²) >= 11 is 0. The van der Waals surface area contributed by atoms with Crippen molar-refractivity contribution in [3.63, 3.8) is 0 Å². The number of allylic oxidation sites excluding steroid dienone is 1. The third-order valence-electron chi connectivity index (χ3n) is 3.32. The van der Waals surface area contributed by atoms with Crippen molar-refractivity contribution in [2.45, 2.75) is 33.1 Å². The molecule has 0 N–H and O–H groups in total. The van der Waals surface area contributed by atoms with Crippen molar-refractivity contribution in [1.82, 2.24) is 9.80 Å². The van der Waals surface area contributed by atoms with Crippen LogP contribution in [0.25, 0.3) is 0 Å².